The van der Waals surface area contributed by atoms with Gasteiger partial charge in [-0.15, -0.1) is 24.0 Å². The summed E-state index contributed by atoms with van der Waals surface area (Å²) in [7, 11) is 0. The predicted molar refractivity (Wildman–Crippen MR) is 125 cm³/mol. The van der Waals surface area contributed by atoms with Gasteiger partial charge in [-0.1, -0.05) is 32.4 Å². The number of hydrogen-bond acceptors (Lipinski definition) is 2. The average molecular weight is 486 g/mol. The van der Waals surface area contributed by atoms with Gasteiger partial charge in [0.15, 0.2) is 5.96 Å². The first-order valence-electron chi connectivity index (χ1n) is 10.0. The molecule has 5 nitrogen and oxygen atoms in total. The van der Waals surface area contributed by atoms with Gasteiger partial charge >= 0.3 is 0 Å². The van der Waals surface area contributed by atoms with Crippen LogP contribution in [0.1, 0.15) is 58.4 Å². The van der Waals surface area contributed by atoms with Gasteiger partial charge in [0.05, 0.1) is 6.54 Å². The molecule has 0 bridgehead atoms. The third-order valence-electron chi connectivity index (χ3n) is 4.69. The van der Waals surface area contributed by atoms with Crippen molar-refractivity contribution in [1.82, 2.24) is 10.6 Å². The quantitative estimate of drug-likeness (QED) is 0.208. The lowest BCUT2D eigenvalue weighted by molar-refractivity contribution is -0.122. The maximum absolute atomic E-state index is 12.1. The Hall–Kier alpha value is -1.31. The highest BCUT2D eigenvalue weighted by Crippen LogP contribution is 2.27. The summed E-state index contributed by atoms with van der Waals surface area (Å²) in [5.74, 6) is 1.93. The first-order valence-corrected chi connectivity index (χ1v) is 10.0. The standard InChI is InChI=1S/C21H34N4O.HI/c1-4-22-21(23-13-7-8-16(2)3)24-15-17-9-5-12-19(14-17)25-20(26)18-10-6-11-18;/h5,9,12,14,16,18H,4,6-8,10-11,13,15H2,1-3H3,(H,25,26)(H2,22,23,24);1H. The molecule has 0 heterocycles. The Labute approximate surface area is 181 Å². The zero-order valence-corrected chi connectivity index (χ0v) is 19.2. The van der Waals surface area contributed by atoms with Crippen molar-refractivity contribution in [3.63, 3.8) is 0 Å². The molecule has 0 aromatic heterocycles. The van der Waals surface area contributed by atoms with Crippen LogP contribution in [0.5, 0.6) is 0 Å². The highest BCUT2D eigenvalue weighted by molar-refractivity contribution is 14.0. The molecule has 3 N–H and O–H groups in total. The molecule has 0 radical (unpaired) electrons. The van der Waals surface area contributed by atoms with Crippen LogP contribution < -0.4 is 16.0 Å². The topological polar surface area (TPSA) is 65.5 Å². The predicted octanol–water partition coefficient (Wildman–Crippen LogP) is 4.53. The van der Waals surface area contributed by atoms with E-state index < -0.39 is 0 Å². The van der Waals surface area contributed by atoms with Crippen LogP contribution in [-0.4, -0.2) is 25.0 Å². The number of nitrogens with zero attached hydrogens (tertiary/aromatic N) is 1. The van der Waals surface area contributed by atoms with Crippen LogP contribution in [0.4, 0.5) is 5.69 Å². The van der Waals surface area contributed by atoms with Crippen molar-refractivity contribution in [1.29, 1.82) is 0 Å². The molecule has 0 spiro atoms. The summed E-state index contributed by atoms with van der Waals surface area (Å²) in [6, 6.07) is 7.98. The molecule has 1 aromatic carbocycles. The van der Waals surface area contributed by atoms with Crippen LogP contribution in [0.15, 0.2) is 29.3 Å². The second kappa shape index (κ2) is 13.0. The van der Waals surface area contributed by atoms with Gasteiger partial charge in [0, 0.05) is 24.7 Å². The lowest BCUT2D eigenvalue weighted by Gasteiger charge is -2.24. The maximum atomic E-state index is 12.1. The number of nitrogens with one attached hydrogen (secondary N) is 3. The highest BCUT2D eigenvalue weighted by atomic mass is 127. The first kappa shape index (κ1) is 23.7. The summed E-state index contributed by atoms with van der Waals surface area (Å²) < 4.78 is 0. The van der Waals surface area contributed by atoms with Gasteiger partial charge in [-0.05, 0) is 56.2 Å². The summed E-state index contributed by atoms with van der Waals surface area (Å²) in [5.41, 5.74) is 1.96. The molecule has 1 saturated carbocycles. The third kappa shape index (κ3) is 8.95. The van der Waals surface area contributed by atoms with E-state index in [1.54, 1.807) is 0 Å². The molecule has 1 aliphatic rings. The Morgan fingerprint density at radius 1 is 1.26 bits per heavy atom. The Morgan fingerprint density at radius 3 is 2.67 bits per heavy atom. The van der Waals surface area contributed by atoms with E-state index in [-0.39, 0.29) is 35.8 Å². The number of carbonyl (C=O) groups is 1. The second-order valence-electron chi connectivity index (χ2n) is 7.48. The van der Waals surface area contributed by atoms with Crippen molar-refractivity contribution in [3.8, 4) is 0 Å². The first-order chi connectivity index (χ1) is 12.6. The van der Waals surface area contributed by atoms with Gasteiger partial charge in [0.2, 0.25) is 5.91 Å². The lowest BCUT2D eigenvalue weighted by atomic mass is 9.85. The van der Waals surface area contributed by atoms with E-state index in [1.807, 2.05) is 24.3 Å². The zero-order valence-electron chi connectivity index (χ0n) is 16.9. The Balaban J connectivity index is 0.00000364. The van der Waals surface area contributed by atoms with E-state index in [9.17, 15) is 4.79 Å². The monoisotopic (exact) mass is 486 g/mol. The molecule has 1 aromatic rings. The summed E-state index contributed by atoms with van der Waals surface area (Å²) >= 11 is 0. The molecule has 27 heavy (non-hydrogen) atoms. The van der Waals surface area contributed by atoms with Gasteiger partial charge in [-0.3, -0.25) is 4.79 Å². The van der Waals surface area contributed by atoms with Crippen molar-refractivity contribution < 1.29 is 4.79 Å². The molecule has 0 unspecified atom stereocenters. The number of rotatable bonds is 9. The van der Waals surface area contributed by atoms with E-state index in [4.69, 9.17) is 0 Å². The number of aliphatic imine (C=N–C) groups is 1. The van der Waals surface area contributed by atoms with Crippen molar-refractivity contribution in [2.75, 3.05) is 18.4 Å². The summed E-state index contributed by atoms with van der Waals surface area (Å²) in [6.45, 7) is 8.93. The molecule has 1 fully saturated rings. The van der Waals surface area contributed by atoms with Crippen LogP contribution in [0.25, 0.3) is 0 Å². The second-order valence-corrected chi connectivity index (χ2v) is 7.48. The van der Waals surface area contributed by atoms with Crippen molar-refractivity contribution in [2.24, 2.45) is 16.8 Å². The summed E-state index contributed by atoms with van der Waals surface area (Å²) in [6.07, 6.45) is 5.57. The Kier molecular flexibility index (Phi) is 11.4. The highest BCUT2D eigenvalue weighted by Gasteiger charge is 2.25. The van der Waals surface area contributed by atoms with E-state index in [0.717, 1.165) is 55.5 Å². The number of benzene rings is 1. The molecule has 152 valence electrons. The van der Waals surface area contributed by atoms with Gasteiger partial charge in [-0.25, -0.2) is 4.99 Å². The van der Waals surface area contributed by atoms with E-state index in [0.29, 0.717) is 6.54 Å². The average Bonchev–Trinajstić information content (AvgIpc) is 2.55. The number of carbonyl (C=O) groups excluding carboxylic acids is 1. The van der Waals surface area contributed by atoms with Crippen molar-refractivity contribution in [3.05, 3.63) is 29.8 Å². The molecule has 2 rings (SSSR count). The van der Waals surface area contributed by atoms with Crippen molar-refractivity contribution in [2.45, 2.75) is 59.4 Å². The molecular weight excluding hydrogens is 451 g/mol. The fraction of sp³-hybridized carbons (Fsp3) is 0.619. The molecule has 0 saturated heterocycles. The fourth-order valence-electron chi connectivity index (χ4n) is 2.89. The molecule has 1 aliphatic carbocycles. The van der Waals surface area contributed by atoms with Crippen molar-refractivity contribution >= 4 is 41.5 Å². The molecule has 1 amide bonds. The third-order valence-corrected chi connectivity index (χ3v) is 4.69. The summed E-state index contributed by atoms with van der Waals surface area (Å²) in [5, 5.41) is 9.71. The largest absolute Gasteiger partial charge is 0.357 e. The molecular formula is C21H35IN4O. The Bertz CT molecular complexity index is 600. The van der Waals surface area contributed by atoms with Crippen LogP contribution in [-0.2, 0) is 11.3 Å². The minimum atomic E-state index is 0. The van der Waals surface area contributed by atoms with E-state index in [1.165, 1.54) is 12.8 Å². The smallest absolute Gasteiger partial charge is 0.227 e. The molecule has 0 aliphatic heterocycles. The minimum absolute atomic E-state index is 0. The summed E-state index contributed by atoms with van der Waals surface area (Å²) in [4.78, 5) is 16.8. The Morgan fingerprint density at radius 2 is 2.04 bits per heavy atom. The minimum Gasteiger partial charge on any atom is -0.357 e. The number of anilines is 1. The van der Waals surface area contributed by atoms with Crippen LogP contribution in [0.2, 0.25) is 0 Å². The zero-order chi connectivity index (χ0) is 18.8. The van der Waals surface area contributed by atoms with Gasteiger partial charge in [0.25, 0.3) is 0 Å². The van der Waals surface area contributed by atoms with Gasteiger partial charge < -0.3 is 16.0 Å². The number of hydrogen-bond donors (Lipinski definition) is 3. The molecule has 6 heteroatoms. The van der Waals surface area contributed by atoms with Crippen LogP contribution in [0, 0.1) is 11.8 Å². The number of amides is 1. The van der Waals surface area contributed by atoms with E-state index in [2.05, 4.69) is 41.7 Å². The molecule has 0 atom stereocenters. The van der Waals surface area contributed by atoms with Gasteiger partial charge in [-0.2, -0.15) is 0 Å². The maximum Gasteiger partial charge on any atom is 0.227 e. The SMILES string of the molecule is CCNC(=NCc1cccc(NC(=O)C2CCC2)c1)NCCCC(C)C.I. The van der Waals surface area contributed by atoms with E-state index >= 15 is 0 Å². The fourth-order valence-corrected chi connectivity index (χ4v) is 2.89. The van der Waals surface area contributed by atoms with Gasteiger partial charge in [0.1, 0.15) is 0 Å². The normalized spacial score (nSPS) is 14.3. The lowest BCUT2D eigenvalue weighted by Crippen LogP contribution is -2.37. The van der Waals surface area contributed by atoms with Crippen LogP contribution in [0.3, 0.4) is 0 Å². The number of guanidine groups is 1. The number of halogens is 1. The van der Waals surface area contributed by atoms with Crippen LogP contribution >= 0.6 is 24.0 Å².